The van der Waals surface area contributed by atoms with Gasteiger partial charge in [-0.2, -0.15) is 0 Å². The lowest BCUT2D eigenvalue weighted by atomic mass is 10.2. The zero-order valence-electron chi connectivity index (χ0n) is 7.44. The van der Waals surface area contributed by atoms with Crippen LogP contribution in [0.2, 0.25) is 0 Å². The largest absolute Gasteiger partial charge is 0.506 e. The minimum absolute atomic E-state index is 0.0314. The number of aromatic amines is 1. The zero-order chi connectivity index (χ0) is 10.1. The predicted molar refractivity (Wildman–Crippen MR) is 55.8 cm³/mol. The zero-order valence-corrected chi connectivity index (χ0v) is 8.26. The van der Waals surface area contributed by atoms with Crippen LogP contribution in [-0.4, -0.2) is 21.3 Å². The van der Waals surface area contributed by atoms with Gasteiger partial charge in [0.15, 0.2) is 5.16 Å². The van der Waals surface area contributed by atoms with Crippen molar-refractivity contribution in [1.82, 2.24) is 9.97 Å². The van der Waals surface area contributed by atoms with E-state index >= 15 is 0 Å². The topological polar surface area (TPSA) is 66.0 Å². The summed E-state index contributed by atoms with van der Waals surface area (Å²) >= 11 is 1.33. The molecule has 2 aromatic rings. The molecule has 0 amide bonds. The Kier molecular flexibility index (Phi) is 2.17. The number of phenols is 1. The number of phenolic OH excluding ortho intramolecular Hbond substituents is 1. The van der Waals surface area contributed by atoms with Gasteiger partial charge in [-0.1, -0.05) is 17.8 Å². The van der Waals surface area contributed by atoms with E-state index < -0.39 is 0 Å². The fourth-order valence-corrected chi connectivity index (χ4v) is 1.60. The molecule has 2 rings (SSSR count). The van der Waals surface area contributed by atoms with Gasteiger partial charge >= 0.3 is 0 Å². The molecule has 1 heterocycles. The lowest BCUT2D eigenvalue weighted by molar-refractivity contribution is 0.480. The van der Waals surface area contributed by atoms with Crippen molar-refractivity contribution in [1.29, 1.82) is 0 Å². The molecule has 0 aliphatic heterocycles. The summed E-state index contributed by atoms with van der Waals surface area (Å²) in [6, 6.07) is 4.76. The molecule has 2 N–H and O–H groups in total. The predicted octanol–water partition coefficient (Wildman–Crippen LogP) is 1.35. The molecule has 14 heavy (non-hydrogen) atoms. The van der Waals surface area contributed by atoms with Crippen LogP contribution in [0.1, 0.15) is 0 Å². The molecule has 0 saturated carbocycles. The van der Waals surface area contributed by atoms with Crippen LogP contribution in [0.5, 0.6) is 5.75 Å². The fourth-order valence-electron chi connectivity index (χ4n) is 1.22. The number of para-hydroxylation sites is 1. The average Bonchev–Trinajstić information content (AvgIpc) is 2.19. The molecule has 0 saturated heterocycles. The molecule has 4 nitrogen and oxygen atoms in total. The van der Waals surface area contributed by atoms with E-state index in [2.05, 4.69) is 9.97 Å². The number of hydrogen-bond donors (Lipinski definition) is 2. The molecule has 0 aliphatic rings. The molecule has 0 radical (unpaired) electrons. The standard InChI is InChI=1S/C9H8N2O2S/c1-14-9-10-7-5(8(13)11-9)3-2-4-6(7)12/h2-4,12H,1H3,(H,10,11,13). The summed E-state index contributed by atoms with van der Waals surface area (Å²) in [7, 11) is 0. The minimum atomic E-state index is -0.227. The second-order valence-corrected chi connectivity index (χ2v) is 3.54. The Balaban J connectivity index is 2.91. The summed E-state index contributed by atoms with van der Waals surface area (Å²) in [5.74, 6) is 0.0314. The highest BCUT2D eigenvalue weighted by atomic mass is 32.2. The molecule has 72 valence electrons. The third-order valence-corrected chi connectivity index (χ3v) is 2.47. The maximum absolute atomic E-state index is 11.5. The number of nitrogens with one attached hydrogen (secondary N) is 1. The number of hydrogen-bond acceptors (Lipinski definition) is 4. The van der Waals surface area contributed by atoms with E-state index in [9.17, 15) is 9.90 Å². The molecule has 5 heteroatoms. The molecule has 1 aromatic carbocycles. The fraction of sp³-hybridized carbons (Fsp3) is 0.111. The van der Waals surface area contributed by atoms with E-state index in [1.807, 2.05) is 6.26 Å². The van der Waals surface area contributed by atoms with E-state index in [0.29, 0.717) is 16.1 Å². The molecular weight excluding hydrogens is 200 g/mol. The van der Waals surface area contributed by atoms with Crippen LogP contribution in [-0.2, 0) is 0 Å². The monoisotopic (exact) mass is 208 g/mol. The highest BCUT2D eigenvalue weighted by Gasteiger charge is 2.05. The molecule has 0 unspecified atom stereocenters. The first-order chi connectivity index (χ1) is 6.72. The second-order valence-electron chi connectivity index (χ2n) is 2.75. The van der Waals surface area contributed by atoms with Crippen LogP contribution in [0, 0.1) is 0 Å². The van der Waals surface area contributed by atoms with Crippen molar-refractivity contribution in [2.24, 2.45) is 0 Å². The Labute approximate surface area is 84.0 Å². The quantitative estimate of drug-likeness (QED) is 0.548. The van der Waals surface area contributed by atoms with Crippen LogP contribution in [0.25, 0.3) is 10.9 Å². The number of fused-ring (bicyclic) bond motifs is 1. The molecule has 0 spiro atoms. The van der Waals surface area contributed by atoms with Crippen molar-refractivity contribution in [2.75, 3.05) is 6.26 Å². The van der Waals surface area contributed by atoms with Crippen molar-refractivity contribution in [2.45, 2.75) is 5.16 Å². The maximum Gasteiger partial charge on any atom is 0.259 e. The third-order valence-electron chi connectivity index (χ3n) is 1.89. The van der Waals surface area contributed by atoms with E-state index in [1.54, 1.807) is 12.1 Å². The van der Waals surface area contributed by atoms with Gasteiger partial charge in [-0.05, 0) is 18.4 Å². The summed E-state index contributed by atoms with van der Waals surface area (Å²) in [6.45, 7) is 0. The van der Waals surface area contributed by atoms with Crippen molar-refractivity contribution in [3.8, 4) is 5.75 Å². The SMILES string of the molecule is CSc1nc2c(O)cccc2c(=O)[nH]1. The van der Waals surface area contributed by atoms with Gasteiger partial charge in [-0.3, -0.25) is 4.79 Å². The Morgan fingerprint density at radius 2 is 2.29 bits per heavy atom. The first-order valence-corrected chi connectivity index (χ1v) is 5.21. The lowest BCUT2D eigenvalue weighted by Gasteiger charge is -2.00. The smallest absolute Gasteiger partial charge is 0.259 e. The summed E-state index contributed by atoms with van der Waals surface area (Å²) in [5.41, 5.74) is 0.121. The van der Waals surface area contributed by atoms with Gasteiger partial charge in [0.25, 0.3) is 5.56 Å². The number of aromatic nitrogens is 2. The van der Waals surface area contributed by atoms with Crippen molar-refractivity contribution in [3.63, 3.8) is 0 Å². The maximum atomic E-state index is 11.5. The Morgan fingerprint density at radius 3 is 3.00 bits per heavy atom. The second kappa shape index (κ2) is 3.34. The molecular formula is C9H8N2O2S. The molecule has 0 fully saturated rings. The number of H-pyrrole nitrogens is 1. The summed E-state index contributed by atoms with van der Waals surface area (Å²) in [5, 5.41) is 10.4. The van der Waals surface area contributed by atoms with E-state index in [4.69, 9.17) is 0 Å². The first-order valence-electron chi connectivity index (χ1n) is 3.98. The molecule has 0 bridgehead atoms. The summed E-state index contributed by atoms with van der Waals surface area (Å²) < 4.78 is 0. The highest BCUT2D eigenvalue weighted by molar-refractivity contribution is 7.98. The van der Waals surface area contributed by atoms with Crippen LogP contribution in [0.4, 0.5) is 0 Å². The lowest BCUT2D eigenvalue weighted by Crippen LogP contribution is -2.08. The van der Waals surface area contributed by atoms with Gasteiger partial charge in [-0.15, -0.1) is 0 Å². The van der Waals surface area contributed by atoms with Crippen LogP contribution in [0.15, 0.2) is 28.2 Å². The normalized spacial score (nSPS) is 10.6. The molecule has 0 atom stereocenters. The van der Waals surface area contributed by atoms with Gasteiger partial charge in [0, 0.05) is 0 Å². The third kappa shape index (κ3) is 1.35. The van der Waals surface area contributed by atoms with Gasteiger partial charge in [0.1, 0.15) is 11.3 Å². The molecule has 0 aliphatic carbocycles. The average molecular weight is 208 g/mol. The van der Waals surface area contributed by atoms with E-state index in [-0.39, 0.29) is 11.3 Å². The number of benzene rings is 1. The number of thioether (sulfide) groups is 1. The van der Waals surface area contributed by atoms with Gasteiger partial charge in [0.05, 0.1) is 5.39 Å². The summed E-state index contributed by atoms with van der Waals surface area (Å²) in [4.78, 5) is 18.2. The Hall–Kier alpha value is -1.49. The number of nitrogens with zero attached hydrogens (tertiary/aromatic N) is 1. The van der Waals surface area contributed by atoms with E-state index in [1.165, 1.54) is 17.8 Å². The summed E-state index contributed by atoms with van der Waals surface area (Å²) in [6.07, 6.45) is 1.81. The van der Waals surface area contributed by atoms with Crippen LogP contribution < -0.4 is 5.56 Å². The number of aromatic hydroxyl groups is 1. The first kappa shape index (κ1) is 9.08. The van der Waals surface area contributed by atoms with Crippen molar-refractivity contribution < 1.29 is 5.11 Å². The van der Waals surface area contributed by atoms with Crippen LogP contribution >= 0.6 is 11.8 Å². The van der Waals surface area contributed by atoms with Gasteiger partial charge in [-0.25, -0.2) is 4.98 Å². The number of rotatable bonds is 1. The van der Waals surface area contributed by atoms with Crippen molar-refractivity contribution in [3.05, 3.63) is 28.6 Å². The van der Waals surface area contributed by atoms with Crippen LogP contribution in [0.3, 0.4) is 0 Å². The van der Waals surface area contributed by atoms with Gasteiger partial charge in [0.2, 0.25) is 0 Å². The molecule has 1 aromatic heterocycles. The minimum Gasteiger partial charge on any atom is -0.506 e. The van der Waals surface area contributed by atoms with Crippen molar-refractivity contribution >= 4 is 22.7 Å². The van der Waals surface area contributed by atoms with E-state index in [0.717, 1.165) is 0 Å². The Bertz CT molecular complexity index is 536. The van der Waals surface area contributed by atoms with Gasteiger partial charge < -0.3 is 10.1 Å². The highest BCUT2D eigenvalue weighted by Crippen LogP contribution is 2.20. The Morgan fingerprint density at radius 1 is 1.50 bits per heavy atom.